The number of nitrogens with one attached hydrogen (secondary N) is 1. The monoisotopic (exact) mass is 328 g/mol. The lowest BCUT2D eigenvalue weighted by Gasteiger charge is -2.11. The number of urea groups is 1. The first-order chi connectivity index (χ1) is 8.88. The Labute approximate surface area is 118 Å². The van der Waals surface area contributed by atoms with E-state index in [9.17, 15) is 14.4 Å². The summed E-state index contributed by atoms with van der Waals surface area (Å²) in [5.41, 5.74) is 5.54. The second-order valence-electron chi connectivity index (χ2n) is 3.79. The highest BCUT2D eigenvalue weighted by atomic mass is 79.9. The van der Waals surface area contributed by atoms with E-state index < -0.39 is 24.0 Å². The summed E-state index contributed by atoms with van der Waals surface area (Å²) >= 11 is 3.28. The smallest absolute Gasteiger partial charge is 0.318 e. The lowest BCUT2D eigenvalue weighted by molar-refractivity contribution is -0.153. The van der Waals surface area contributed by atoms with Crippen LogP contribution < -0.4 is 11.1 Å². The van der Waals surface area contributed by atoms with Crippen LogP contribution in [0.15, 0.2) is 28.7 Å². The van der Waals surface area contributed by atoms with Crippen LogP contribution in [0.4, 0.5) is 4.79 Å². The third kappa shape index (κ3) is 5.52. The van der Waals surface area contributed by atoms with E-state index in [0.717, 1.165) is 10.0 Å². The molecule has 0 saturated carbocycles. The van der Waals surface area contributed by atoms with Gasteiger partial charge < -0.3 is 10.5 Å². The number of primary amides is 1. The summed E-state index contributed by atoms with van der Waals surface area (Å²) in [6.07, 6.45) is -1.03. The fourth-order valence-corrected chi connectivity index (χ4v) is 1.55. The number of benzene rings is 1. The molecule has 1 aromatic rings. The summed E-state index contributed by atoms with van der Waals surface area (Å²) in [5.74, 6) is -1.31. The van der Waals surface area contributed by atoms with Crippen molar-refractivity contribution in [1.82, 2.24) is 5.32 Å². The van der Waals surface area contributed by atoms with E-state index in [2.05, 4.69) is 15.9 Å². The number of nitrogens with two attached hydrogens (primary N) is 1. The number of rotatable bonds is 4. The number of esters is 1. The van der Waals surface area contributed by atoms with Crippen LogP contribution in [-0.2, 0) is 20.7 Å². The third-order valence-corrected chi connectivity index (χ3v) is 2.71. The minimum Gasteiger partial charge on any atom is -0.452 e. The molecule has 19 heavy (non-hydrogen) atoms. The summed E-state index contributed by atoms with van der Waals surface area (Å²) < 4.78 is 5.78. The molecular formula is C12H13BrN2O4. The van der Waals surface area contributed by atoms with Gasteiger partial charge in [-0.1, -0.05) is 28.1 Å². The molecule has 6 nitrogen and oxygen atoms in total. The van der Waals surface area contributed by atoms with Gasteiger partial charge in [0.25, 0.3) is 5.91 Å². The molecule has 1 rings (SSSR count). The highest BCUT2D eigenvalue weighted by molar-refractivity contribution is 9.10. The summed E-state index contributed by atoms with van der Waals surface area (Å²) in [6, 6.07) is 6.14. The van der Waals surface area contributed by atoms with E-state index in [1.807, 2.05) is 5.32 Å². The topological polar surface area (TPSA) is 98.5 Å². The van der Waals surface area contributed by atoms with Crippen LogP contribution in [0.1, 0.15) is 12.5 Å². The van der Waals surface area contributed by atoms with Crippen molar-refractivity contribution >= 4 is 33.8 Å². The largest absolute Gasteiger partial charge is 0.452 e. The molecule has 3 amide bonds. The Hall–Kier alpha value is -1.89. The van der Waals surface area contributed by atoms with Crippen molar-refractivity contribution in [3.8, 4) is 0 Å². The minimum absolute atomic E-state index is 0.0431. The minimum atomic E-state index is -1.07. The van der Waals surface area contributed by atoms with Crippen LogP contribution in [0.25, 0.3) is 0 Å². The van der Waals surface area contributed by atoms with Crippen molar-refractivity contribution in [2.24, 2.45) is 5.73 Å². The number of amides is 3. The molecule has 102 valence electrons. The number of hydrogen-bond donors (Lipinski definition) is 2. The Bertz CT molecular complexity index is 487. The van der Waals surface area contributed by atoms with E-state index >= 15 is 0 Å². The Morgan fingerprint density at radius 2 is 1.89 bits per heavy atom. The van der Waals surface area contributed by atoms with Crippen molar-refractivity contribution in [3.05, 3.63) is 34.3 Å². The zero-order valence-corrected chi connectivity index (χ0v) is 11.8. The summed E-state index contributed by atoms with van der Waals surface area (Å²) in [4.78, 5) is 33.3. The predicted molar refractivity (Wildman–Crippen MR) is 71.1 cm³/mol. The molecular weight excluding hydrogens is 316 g/mol. The van der Waals surface area contributed by atoms with Gasteiger partial charge in [0.15, 0.2) is 6.10 Å². The molecule has 1 atom stereocenters. The molecule has 0 fully saturated rings. The van der Waals surface area contributed by atoms with Gasteiger partial charge in [0.1, 0.15) is 0 Å². The molecule has 0 radical (unpaired) electrons. The molecule has 0 aliphatic rings. The normalized spacial score (nSPS) is 11.5. The SMILES string of the molecule is C[C@H](OC(=O)Cc1ccc(Br)cc1)C(=O)NC(N)=O. The highest BCUT2D eigenvalue weighted by Crippen LogP contribution is 2.11. The number of carbonyl (C=O) groups excluding carboxylic acids is 3. The fraction of sp³-hybridized carbons (Fsp3) is 0.250. The van der Waals surface area contributed by atoms with Gasteiger partial charge in [-0.2, -0.15) is 0 Å². The van der Waals surface area contributed by atoms with Gasteiger partial charge in [-0.3, -0.25) is 14.9 Å². The maximum Gasteiger partial charge on any atom is 0.318 e. The van der Waals surface area contributed by atoms with Gasteiger partial charge in [-0.05, 0) is 24.6 Å². The van der Waals surface area contributed by atoms with E-state index in [4.69, 9.17) is 10.5 Å². The van der Waals surface area contributed by atoms with Crippen LogP contribution in [0.5, 0.6) is 0 Å². The fourth-order valence-electron chi connectivity index (χ4n) is 1.28. The molecule has 0 bridgehead atoms. The first kappa shape index (κ1) is 15.2. The molecule has 0 unspecified atom stereocenters. The summed E-state index contributed by atoms with van der Waals surface area (Å²) in [6.45, 7) is 1.36. The van der Waals surface area contributed by atoms with Crippen molar-refractivity contribution in [3.63, 3.8) is 0 Å². The molecule has 0 spiro atoms. The Balaban J connectivity index is 2.48. The van der Waals surface area contributed by atoms with Crippen molar-refractivity contribution in [1.29, 1.82) is 0 Å². The Kier molecular flexibility index (Phi) is 5.50. The van der Waals surface area contributed by atoms with Crippen LogP contribution >= 0.6 is 15.9 Å². The number of halogens is 1. The molecule has 0 aliphatic heterocycles. The van der Waals surface area contributed by atoms with Crippen LogP contribution in [0.3, 0.4) is 0 Å². The van der Waals surface area contributed by atoms with E-state index in [-0.39, 0.29) is 6.42 Å². The Morgan fingerprint density at radius 3 is 2.42 bits per heavy atom. The highest BCUT2D eigenvalue weighted by Gasteiger charge is 2.18. The number of carbonyl (C=O) groups is 3. The first-order valence-electron chi connectivity index (χ1n) is 5.42. The second kappa shape index (κ2) is 6.89. The lowest BCUT2D eigenvalue weighted by Crippen LogP contribution is -2.42. The average Bonchev–Trinajstić information content (AvgIpc) is 2.31. The van der Waals surface area contributed by atoms with Crippen LogP contribution in [-0.4, -0.2) is 24.0 Å². The number of ether oxygens (including phenoxy) is 1. The molecule has 0 aliphatic carbocycles. The third-order valence-electron chi connectivity index (χ3n) is 2.19. The van der Waals surface area contributed by atoms with Crippen molar-refractivity contribution in [2.75, 3.05) is 0 Å². The molecule has 1 aromatic carbocycles. The molecule has 0 heterocycles. The molecule has 3 N–H and O–H groups in total. The standard InChI is InChI=1S/C12H13BrN2O4/c1-7(11(17)15-12(14)18)19-10(16)6-8-2-4-9(13)5-3-8/h2-5,7H,6H2,1H3,(H3,14,15,17,18)/t7-/m0/s1. The zero-order chi connectivity index (χ0) is 14.4. The second-order valence-corrected chi connectivity index (χ2v) is 4.70. The maximum atomic E-state index is 11.6. The van der Waals surface area contributed by atoms with Crippen molar-refractivity contribution in [2.45, 2.75) is 19.4 Å². The van der Waals surface area contributed by atoms with Gasteiger partial charge in [0.05, 0.1) is 6.42 Å². The quantitative estimate of drug-likeness (QED) is 0.809. The van der Waals surface area contributed by atoms with Gasteiger partial charge in [0.2, 0.25) is 0 Å². The first-order valence-corrected chi connectivity index (χ1v) is 6.22. The van der Waals surface area contributed by atoms with Crippen LogP contribution in [0.2, 0.25) is 0 Å². The maximum absolute atomic E-state index is 11.6. The van der Waals surface area contributed by atoms with Crippen LogP contribution in [0, 0.1) is 0 Å². The summed E-state index contributed by atoms with van der Waals surface area (Å²) in [7, 11) is 0. The van der Waals surface area contributed by atoms with Gasteiger partial charge in [0, 0.05) is 4.47 Å². The molecule has 7 heteroatoms. The van der Waals surface area contributed by atoms with E-state index in [0.29, 0.717) is 0 Å². The van der Waals surface area contributed by atoms with Gasteiger partial charge in [-0.15, -0.1) is 0 Å². The van der Waals surface area contributed by atoms with E-state index in [1.165, 1.54) is 6.92 Å². The number of hydrogen-bond acceptors (Lipinski definition) is 4. The zero-order valence-electron chi connectivity index (χ0n) is 10.2. The Morgan fingerprint density at radius 1 is 1.32 bits per heavy atom. The summed E-state index contributed by atoms with van der Waals surface area (Å²) in [5, 5.41) is 1.84. The molecule has 0 saturated heterocycles. The lowest BCUT2D eigenvalue weighted by atomic mass is 10.1. The molecule has 0 aromatic heterocycles. The number of imide groups is 1. The predicted octanol–water partition coefficient (Wildman–Crippen LogP) is 1.12. The average molecular weight is 329 g/mol. The van der Waals surface area contributed by atoms with Crippen molar-refractivity contribution < 1.29 is 19.1 Å². The van der Waals surface area contributed by atoms with Gasteiger partial charge in [-0.25, -0.2) is 4.79 Å². The van der Waals surface area contributed by atoms with Gasteiger partial charge >= 0.3 is 12.0 Å². The van der Waals surface area contributed by atoms with E-state index in [1.54, 1.807) is 24.3 Å².